The summed E-state index contributed by atoms with van der Waals surface area (Å²) < 4.78 is 6.41. The number of imide groups is 1. The fourth-order valence-corrected chi connectivity index (χ4v) is 4.90. The summed E-state index contributed by atoms with van der Waals surface area (Å²) >= 11 is 1.47. The highest BCUT2D eigenvalue weighted by Gasteiger charge is 2.32. The highest BCUT2D eigenvalue weighted by Crippen LogP contribution is 2.31. The third kappa shape index (κ3) is 5.41. The molecule has 0 spiro atoms. The summed E-state index contributed by atoms with van der Waals surface area (Å²) in [4.78, 5) is 46.9. The van der Waals surface area contributed by atoms with Gasteiger partial charge in [0.05, 0.1) is 23.4 Å². The molecular weight excluding hydrogens is 440 g/mol. The van der Waals surface area contributed by atoms with E-state index < -0.39 is 0 Å². The topological polar surface area (TPSA) is 83.0 Å². The molecule has 8 nitrogen and oxygen atoms in total. The van der Waals surface area contributed by atoms with Crippen LogP contribution >= 0.6 is 23.7 Å². The molecule has 2 aromatic rings. The Morgan fingerprint density at radius 2 is 1.90 bits per heavy atom. The van der Waals surface area contributed by atoms with E-state index in [1.54, 1.807) is 4.90 Å². The van der Waals surface area contributed by atoms with Gasteiger partial charge in [0.1, 0.15) is 6.54 Å². The number of rotatable bonds is 7. The number of carbonyl (C=O) groups is 3. The minimum absolute atomic E-state index is 0. The Hall–Kier alpha value is -2.07. The van der Waals surface area contributed by atoms with Crippen LogP contribution in [0.5, 0.6) is 0 Å². The number of para-hydroxylation sites is 1. The summed E-state index contributed by atoms with van der Waals surface area (Å²) in [5, 5.41) is 0.616. The van der Waals surface area contributed by atoms with E-state index in [1.165, 1.54) is 11.3 Å². The zero-order valence-electron chi connectivity index (χ0n) is 17.5. The van der Waals surface area contributed by atoms with Crippen LogP contribution in [0.25, 0.3) is 10.2 Å². The average Bonchev–Trinajstić information content (AvgIpc) is 3.31. The van der Waals surface area contributed by atoms with Gasteiger partial charge >= 0.3 is 0 Å². The number of morpholine rings is 1. The molecule has 31 heavy (non-hydrogen) atoms. The zero-order chi connectivity index (χ0) is 21.1. The molecule has 0 saturated carbocycles. The number of anilines is 1. The van der Waals surface area contributed by atoms with Crippen molar-refractivity contribution in [2.45, 2.75) is 26.2 Å². The first-order chi connectivity index (χ1) is 14.5. The minimum Gasteiger partial charge on any atom is -0.379 e. The molecular formula is C21H27ClN4O4S. The Morgan fingerprint density at radius 3 is 2.58 bits per heavy atom. The van der Waals surface area contributed by atoms with Crippen molar-refractivity contribution in [3.05, 3.63) is 23.8 Å². The number of hydrogen-bond donors (Lipinski definition) is 0. The molecule has 2 saturated heterocycles. The first-order valence-corrected chi connectivity index (χ1v) is 11.1. The second-order valence-corrected chi connectivity index (χ2v) is 8.65. The van der Waals surface area contributed by atoms with E-state index in [0.29, 0.717) is 11.7 Å². The van der Waals surface area contributed by atoms with Gasteiger partial charge in [0.15, 0.2) is 5.13 Å². The van der Waals surface area contributed by atoms with Gasteiger partial charge in [-0.15, -0.1) is 12.4 Å². The van der Waals surface area contributed by atoms with Gasteiger partial charge in [-0.2, -0.15) is 0 Å². The number of aryl methyl sites for hydroxylation is 1. The summed E-state index contributed by atoms with van der Waals surface area (Å²) in [6, 6.07) is 5.97. The first-order valence-electron chi connectivity index (χ1n) is 10.3. The third-order valence-corrected chi connectivity index (χ3v) is 6.59. The first kappa shape index (κ1) is 23.6. The largest absolute Gasteiger partial charge is 0.379 e. The van der Waals surface area contributed by atoms with Crippen LogP contribution in [0, 0.1) is 6.92 Å². The lowest BCUT2D eigenvalue weighted by Gasteiger charge is -2.28. The SMILES string of the molecule is Cc1cccc2sc(N(CCCN3CCOCC3)C(=O)CN3C(=O)CCC3=O)nc12.Cl. The van der Waals surface area contributed by atoms with Gasteiger partial charge in [0.25, 0.3) is 0 Å². The highest BCUT2D eigenvalue weighted by atomic mass is 35.5. The molecule has 2 aliphatic heterocycles. The van der Waals surface area contributed by atoms with Crippen molar-refractivity contribution < 1.29 is 19.1 Å². The van der Waals surface area contributed by atoms with Crippen LogP contribution in [0.15, 0.2) is 18.2 Å². The lowest BCUT2D eigenvalue weighted by molar-refractivity contribution is -0.141. The summed E-state index contributed by atoms with van der Waals surface area (Å²) in [6.45, 7) is 6.39. The molecule has 0 aliphatic carbocycles. The van der Waals surface area contributed by atoms with E-state index in [-0.39, 0.29) is 49.5 Å². The van der Waals surface area contributed by atoms with E-state index >= 15 is 0 Å². The van der Waals surface area contributed by atoms with Crippen LogP contribution in [0.4, 0.5) is 5.13 Å². The molecule has 168 valence electrons. The van der Waals surface area contributed by atoms with E-state index in [9.17, 15) is 14.4 Å². The Kier molecular flexibility index (Phi) is 7.99. The summed E-state index contributed by atoms with van der Waals surface area (Å²) in [6.07, 6.45) is 1.15. The number of carbonyl (C=O) groups excluding carboxylic acids is 3. The summed E-state index contributed by atoms with van der Waals surface area (Å²) in [7, 11) is 0. The van der Waals surface area contributed by atoms with E-state index in [2.05, 4.69) is 4.90 Å². The molecule has 4 rings (SSSR count). The zero-order valence-corrected chi connectivity index (χ0v) is 19.2. The number of benzene rings is 1. The average molecular weight is 467 g/mol. The van der Waals surface area contributed by atoms with Crippen molar-refractivity contribution in [2.24, 2.45) is 0 Å². The highest BCUT2D eigenvalue weighted by molar-refractivity contribution is 7.22. The van der Waals surface area contributed by atoms with Gasteiger partial charge in [0.2, 0.25) is 17.7 Å². The van der Waals surface area contributed by atoms with Crippen molar-refractivity contribution in [3.8, 4) is 0 Å². The molecule has 2 fully saturated rings. The third-order valence-electron chi connectivity index (χ3n) is 5.55. The fraction of sp³-hybridized carbons (Fsp3) is 0.524. The lowest BCUT2D eigenvalue weighted by atomic mass is 10.2. The number of fused-ring (bicyclic) bond motifs is 1. The number of hydrogen-bond acceptors (Lipinski definition) is 7. The number of nitrogens with zero attached hydrogens (tertiary/aromatic N) is 4. The standard InChI is InChI=1S/C21H26N4O4S.ClH/c1-15-4-2-5-16-20(15)22-21(30-16)24(9-3-8-23-10-12-29-13-11-23)19(28)14-25-17(26)6-7-18(25)27;/h2,4-5H,3,6-14H2,1H3;1H. The molecule has 0 atom stereocenters. The number of likely N-dealkylation sites (tertiary alicyclic amines) is 1. The molecule has 2 aliphatic rings. The van der Waals surface area contributed by atoms with Crippen molar-refractivity contribution in [3.63, 3.8) is 0 Å². The van der Waals surface area contributed by atoms with Crippen LogP contribution in [-0.2, 0) is 19.1 Å². The number of ether oxygens (including phenoxy) is 1. The summed E-state index contributed by atoms with van der Waals surface area (Å²) in [5.74, 6) is -0.819. The molecule has 0 N–H and O–H groups in total. The second-order valence-electron chi connectivity index (χ2n) is 7.64. The molecule has 10 heteroatoms. The van der Waals surface area contributed by atoms with Gasteiger partial charge in [0, 0.05) is 39.0 Å². The number of halogens is 1. The number of thiazole rings is 1. The Labute approximate surface area is 191 Å². The van der Waals surface area contributed by atoms with Crippen molar-refractivity contribution in [1.82, 2.24) is 14.8 Å². The molecule has 0 unspecified atom stereocenters. The van der Waals surface area contributed by atoms with Gasteiger partial charge in [-0.3, -0.25) is 29.1 Å². The maximum absolute atomic E-state index is 13.1. The fourth-order valence-electron chi connectivity index (χ4n) is 3.81. The monoisotopic (exact) mass is 466 g/mol. The number of amides is 3. The van der Waals surface area contributed by atoms with Crippen LogP contribution < -0.4 is 4.90 Å². The smallest absolute Gasteiger partial charge is 0.248 e. The van der Waals surface area contributed by atoms with Gasteiger partial charge in [-0.1, -0.05) is 23.5 Å². The second kappa shape index (κ2) is 10.5. The maximum atomic E-state index is 13.1. The van der Waals surface area contributed by atoms with E-state index in [0.717, 1.165) is 59.9 Å². The van der Waals surface area contributed by atoms with E-state index in [4.69, 9.17) is 9.72 Å². The van der Waals surface area contributed by atoms with Crippen LogP contribution in [0.1, 0.15) is 24.8 Å². The van der Waals surface area contributed by atoms with E-state index in [1.807, 2.05) is 25.1 Å². The Balaban J connectivity index is 0.00000272. The Morgan fingerprint density at radius 1 is 1.19 bits per heavy atom. The minimum atomic E-state index is -0.276. The lowest BCUT2D eigenvalue weighted by Crippen LogP contribution is -2.44. The summed E-state index contributed by atoms with van der Waals surface area (Å²) in [5.41, 5.74) is 1.94. The van der Waals surface area contributed by atoms with Crippen LogP contribution in [0.2, 0.25) is 0 Å². The number of aromatic nitrogens is 1. The molecule has 1 aromatic carbocycles. The molecule has 0 radical (unpaired) electrons. The van der Waals surface area contributed by atoms with Gasteiger partial charge < -0.3 is 4.74 Å². The molecule has 0 bridgehead atoms. The Bertz CT molecular complexity index is 944. The quantitative estimate of drug-likeness (QED) is 0.582. The normalized spacial score (nSPS) is 17.3. The van der Waals surface area contributed by atoms with Crippen molar-refractivity contribution in [1.29, 1.82) is 0 Å². The van der Waals surface area contributed by atoms with Crippen molar-refractivity contribution in [2.75, 3.05) is 50.8 Å². The van der Waals surface area contributed by atoms with Gasteiger partial charge in [-0.05, 0) is 25.0 Å². The molecule has 1 aromatic heterocycles. The predicted octanol–water partition coefficient (Wildman–Crippen LogP) is 2.23. The van der Waals surface area contributed by atoms with Crippen LogP contribution in [-0.4, -0.2) is 78.4 Å². The van der Waals surface area contributed by atoms with Gasteiger partial charge in [-0.25, -0.2) is 4.98 Å². The predicted molar refractivity (Wildman–Crippen MR) is 122 cm³/mol. The van der Waals surface area contributed by atoms with Crippen LogP contribution in [0.3, 0.4) is 0 Å². The molecule has 3 heterocycles. The molecule has 3 amide bonds. The van der Waals surface area contributed by atoms with Crippen molar-refractivity contribution >= 4 is 56.8 Å². The maximum Gasteiger partial charge on any atom is 0.248 e.